The summed E-state index contributed by atoms with van der Waals surface area (Å²) in [6.07, 6.45) is 4.62. The first-order chi connectivity index (χ1) is 9.04. The lowest BCUT2D eigenvalue weighted by molar-refractivity contribution is 0.230. The molecule has 1 aromatic rings. The molecule has 2 N–H and O–H groups in total. The Kier molecular flexibility index (Phi) is 3.23. The summed E-state index contributed by atoms with van der Waals surface area (Å²) >= 11 is 0. The van der Waals surface area contributed by atoms with Crippen LogP contribution in [0.3, 0.4) is 0 Å². The number of hydrogen-bond acceptors (Lipinski definition) is 4. The third-order valence-electron chi connectivity index (χ3n) is 4.40. The quantitative estimate of drug-likeness (QED) is 0.876. The summed E-state index contributed by atoms with van der Waals surface area (Å²) in [6.45, 7) is 8.71. The van der Waals surface area contributed by atoms with Gasteiger partial charge in [-0.2, -0.15) is 0 Å². The normalized spacial score (nSPS) is 24.6. The van der Waals surface area contributed by atoms with E-state index in [0.29, 0.717) is 0 Å². The van der Waals surface area contributed by atoms with Gasteiger partial charge >= 0.3 is 0 Å². The fraction of sp³-hybridized carbons (Fsp3) is 0.667. The van der Waals surface area contributed by atoms with Crippen molar-refractivity contribution in [2.24, 2.45) is 5.73 Å². The maximum absolute atomic E-state index is 6.10. The Labute approximate surface area is 115 Å². The van der Waals surface area contributed by atoms with Gasteiger partial charge < -0.3 is 10.6 Å². The number of nitrogens with zero attached hydrogens (tertiary/aromatic N) is 3. The number of fused-ring (bicyclic) bond motifs is 1. The van der Waals surface area contributed by atoms with Crippen molar-refractivity contribution in [3.63, 3.8) is 0 Å². The van der Waals surface area contributed by atoms with E-state index in [0.717, 1.165) is 30.5 Å². The van der Waals surface area contributed by atoms with Crippen molar-refractivity contribution < 1.29 is 0 Å². The molecule has 1 aromatic heterocycles. The van der Waals surface area contributed by atoms with Crippen LogP contribution < -0.4 is 10.6 Å². The van der Waals surface area contributed by atoms with Crippen LogP contribution in [-0.4, -0.2) is 42.1 Å². The fourth-order valence-electron chi connectivity index (χ4n) is 3.15. The van der Waals surface area contributed by atoms with Crippen molar-refractivity contribution in [1.29, 1.82) is 0 Å². The monoisotopic (exact) mass is 260 g/mol. The fourth-order valence-corrected chi connectivity index (χ4v) is 3.15. The zero-order valence-corrected chi connectivity index (χ0v) is 12.0. The van der Waals surface area contributed by atoms with E-state index in [1.54, 1.807) is 0 Å². The van der Waals surface area contributed by atoms with Crippen LogP contribution in [-0.2, 0) is 5.54 Å². The SMILES string of the molecule is CC(C)(N)c1ccc(N2CCN3CCC[C@H]3C2)nc1. The van der Waals surface area contributed by atoms with Gasteiger partial charge in [0.05, 0.1) is 0 Å². The lowest BCUT2D eigenvalue weighted by Crippen LogP contribution is -2.50. The van der Waals surface area contributed by atoms with Crippen molar-refractivity contribution in [3.05, 3.63) is 23.9 Å². The standard InChI is InChI=1S/C15H24N4/c1-15(2,16)12-5-6-14(17-10-12)19-9-8-18-7-3-4-13(18)11-19/h5-6,10,13H,3-4,7-9,11,16H2,1-2H3/t13-/m0/s1. The first-order valence-corrected chi connectivity index (χ1v) is 7.28. The zero-order valence-electron chi connectivity index (χ0n) is 12.0. The summed E-state index contributed by atoms with van der Waals surface area (Å²) in [5.74, 6) is 1.10. The molecule has 0 unspecified atom stereocenters. The molecule has 0 aromatic carbocycles. The summed E-state index contributed by atoms with van der Waals surface area (Å²) in [5, 5.41) is 0. The Morgan fingerprint density at radius 2 is 2.11 bits per heavy atom. The van der Waals surface area contributed by atoms with Crippen molar-refractivity contribution in [2.45, 2.75) is 38.3 Å². The molecule has 19 heavy (non-hydrogen) atoms. The zero-order chi connectivity index (χ0) is 13.5. The van der Waals surface area contributed by atoms with Crippen LogP contribution in [0.5, 0.6) is 0 Å². The van der Waals surface area contributed by atoms with Crippen LogP contribution in [0, 0.1) is 0 Å². The van der Waals surface area contributed by atoms with Crippen molar-refractivity contribution in [2.75, 3.05) is 31.1 Å². The van der Waals surface area contributed by atoms with Gasteiger partial charge in [0.25, 0.3) is 0 Å². The number of piperazine rings is 1. The molecule has 0 amide bonds. The van der Waals surface area contributed by atoms with Crippen LogP contribution in [0.25, 0.3) is 0 Å². The molecule has 2 aliphatic heterocycles. The van der Waals surface area contributed by atoms with E-state index in [4.69, 9.17) is 5.73 Å². The van der Waals surface area contributed by atoms with E-state index < -0.39 is 0 Å². The Bertz CT molecular complexity index is 434. The highest BCUT2D eigenvalue weighted by Gasteiger charge is 2.31. The highest BCUT2D eigenvalue weighted by molar-refractivity contribution is 5.41. The molecule has 0 spiro atoms. The molecule has 0 aliphatic carbocycles. The second kappa shape index (κ2) is 4.76. The molecule has 0 radical (unpaired) electrons. The molecule has 3 heterocycles. The number of pyridine rings is 1. The first-order valence-electron chi connectivity index (χ1n) is 7.28. The Balaban J connectivity index is 1.72. The van der Waals surface area contributed by atoms with E-state index >= 15 is 0 Å². The van der Waals surface area contributed by atoms with E-state index in [9.17, 15) is 0 Å². The molecule has 2 fully saturated rings. The lowest BCUT2D eigenvalue weighted by Gasteiger charge is -2.38. The van der Waals surface area contributed by atoms with Crippen LogP contribution in [0.4, 0.5) is 5.82 Å². The summed E-state index contributed by atoms with van der Waals surface area (Å²) in [4.78, 5) is 9.65. The first kappa shape index (κ1) is 12.9. The minimum Gasteiger partial charge on any atom is -0.354 e. The lowest BCUT2D eigenvalue weighted by atomic mass is 9.98. The minimum absolute atomic E-state index is 0.310. The predicted molar refractivity (Wildman–Crippen MR) is 78.3 cm³/mol. The molecule has 2 saturated heterocycles. The molecule has 1 atom stereocenters. The molecule has 2 aliphatic rings. The summed E-state index contributed by atoms with van der Waals surface area (Å²) in [7, 11) is 0. The third-order valence-corrected chi connectivity index (χ3v) is 4.40. The highest BCUT2D eigenvalue weighted by Crippen LogP contribution is 2.25. The van der Waals surface area contributed by atoms with Crippen molar-refractivity contribution in [3.8, 4) is 0 Å². The maximum atomic E-state index is 6.10. The molecule has 4 nitrogen and oxygen atoms in total. The minimum atomic E-state index is -0.310. The van der Waals surface area contributed by atoms with Crippen molar-refractivity contribution in [1.82, 2.24) is 9.88 Å². The van der Waals surface area contributed by atoms with E-state index in [1.807, 2.05) is 20.0 Å². The van der Waals surface area contributed by atoms with Gasteiger partial charge in [-0.25, -0.2) is 4.98 Å². The van der Waals surface area contributed by atoms with Gasteiger partial charge in [-0.15, -0.1) is 0 Å². The van der Waals surface area contributed by atoms with Crippen LogP contribution >= 0.6 is 0 Å². The van der Waals surface area contributed by atoms with E-state index in [2.05, 4.69) is 26.9 Å². The van der Waals surface area contributed by atoms with E-state index in [1.165, 1.54) is 25.9 Å². The van der Waals surface area contributed by atoms with Crippen molar-refractivity contribution >= 4 is 5.82 Å². The molecular weight excluding hydrogens is 236 g/mol. The topological polar surface area (TPSA) is 45.4 Å². The second-order valence-electron chi connectivity index (χ2n) is 6.40. The number of aromatic nitrogens is 1. The Hall–Kier alpha value is -1.13. The highest BCUT2D eigenvalue weighted by atomic mass is 15.3. The Morgan fingerprint density at radius 3 is 2.79 bits per heavy atom. The van der Waals surface area contributed by atoms with Gasteiger partial charge in [0.15, 0.2) is 0 Å². The summed E-state index contributed by atoms with van der Waals surface area (Å²) in [5.41, 5.74) is 6.88. The van der Waals surface area contributed by atoms with Crippen LogP contribution in [0.1, 0.15) is 32.3 Å². The smallest absolute Gasteiger partial charge is 0.128 e. The summed E-state index contributed by atoms with van der Waals surface area (Å²) in [6, 6.07) is 4.97. The maximum Gasteiger partial charge on any atom is 0.128 e. The van der Waals surface area contributed by atoms with Gasteiger partial charge in [-0.05, 0) is 44.9 Å². The number of hydrogen-bond donors (Lipinski definition) is 1. The number of nitrogens with two attached hydrogens (primary N) is 1. The summed E-state index contributed by atoms with van der Waals surface area (Å²) < 4.78 is 0. The predicted octanol–water partition coefficient (Wildman–Crippen LogP) is 1.56. The molecule has 0 saturated carbocycles. The van der Waals surface area contributed by atoms with Gasteiger partial charge in [-0.1, -0.05) is 6.07 Å². The molecule has 4 heteroatoms. The Morgan fingerprint density at radius 1 is 1.26 bits per heavy atom. The van der Waals surface area contributed by atoms with Gasteiger partial charge in [0, 0.05) is 37.4 Å². The van der Waals surface area contributed by atoms with Gasteiger partial charge in [-0.3, -0.25) is 4.90 Å². The van der Waals surface area contributed by atoms with Gasteiger partial charge in [0.2, 0.25) is 0 Å². The van der Waals surface area contributed by atoms with Crippen LogP contribution in [0.15, 0.2) is 18.3 Å². The van der Waals surface area contributed by atoms with Crippen LogP contribution in [0.2, 0.25) is 0 Å². The van der Waals surface area contributed by atoms with E-state index in [-0.39, 0.29) is 5.54 Å². The molecule has 3 rings (SSSR count). The average molecular weight is 260 g/mol. The molecule has 0 bridgehead atoms. The molecular formula is C15H24N4. The number of rotatable bonds is 2. The average Bonchev–Trinajstić information content (AvgIpc) is 2.85. The number of anilines is 1. The third kappa shape index (κ3) is 2.60. The second-order valence-corrected chi connectivity index (χ2v) is 6.40. The largest absolute Gasteiger partial charge is 0.354 e. The molecule has 104 valence electrons. The van der Waals surface area contributed by atoms with Gasteiger partial charge in [0.1, 0.15) is 5.82 Å².